The van der Waals surface area contributed by atoms with Crippen LogP contribution >= 0.6 is 0 Å². The van der Waals surface area contributed by atoms with Crippen molar-refractivity contribution in [1.82, 2.24) is 14.9 Å². The van der Waals surface area contributed by atoms with E-state index in [1.165, 1.54) is 0 Å². The molecule has 0 saturated carbocycles. The summed E-state index contributed by atoms with van der Waals surface area (Å²) in [4.78, 5) is 16.4. The van der Waals surface area contributed by atoms with Gasteiger partial charge in [0.2, 0.25) is 0 Å². The molecule has 1 N–H and O–H groups in total. The van der Waals surface area contributed by atoms with Crippen LogP contribution in [0.25, 0.3) is 0 Å². The second-order valence-corrected chi connectivity index (χ2v) is 6.23. The van der Waals surface area contributed by atoms with Gasteiger partial charge in [0, 0.05) is 24.9 Å². The third kappa shape index (κ3) is 2.96. The van der Waals surface area contributed by atoms with Crippen molar-refractivity contribution in [3.63, 3.8) is 0 Å². The van der Waals surface area contributed by atoms with Crippen molar-refractivity contribution in [1.29, 1.82) is 0 Å². The average Bonchev–Trinajstić information content (AvgIpc) is 2.84. The molecule has 0 aromatic carbocycles. The van der Waals surface area contributed by atoms with Crippen molar-refractivity contribution in [2.24, 2.45) is 0 Å². The predicted octanol–water partition coefficient (Wildman–Crippen LogP) is 1.11. The van der Waals surface area contributed by atoms with Crippen molar-refractivity contribution in [3.8, 4) is 5.88 Å². The van der Waals surface area contributed by atoms with Crippen LogP contribution in [0.2, 0.25) is 0 Å². The van der Waals surface area contributed by atoms with Crippen LogP contribution in [0, 0.1) is 0 Å². The molecule has 1 aromatic heterocycles. The van der Waals surface area contributed by atoms with E-state index in [9.17, 15) is 4.79 Å². The number of ether oxygens (including phenoxy) is 2. The summed E-state index contributed by atoms with van der Waals surface area (Å²) in [7, 11) is 0. The van der Waals surface area contributed by atoms with E-state index in [2.05, 4.69) is 10.3 Å². The smallest absolute Gasteiger partial charge is 0.313 e. The minimum absolute atomic E-state index is 0.0677. The highest BCUT2D eigenvalue weighted by molar-refractivity contribution is 5.07. The van der Waals surface area contributed by atoms with Crippen LogP contribution in [-0.4, -0.2) is 41.0 Å². The Morgan fingerprint density at radius 1 is 1.48 bits per heavy atom. The summed E-state index contributed by atoms with van der Waals surface area (Å²) >= 11 is 0. The van der Waals surface area contributed by atoms with Crippen molar-refractivity contribution in [2.45, 2.75) is 50.9 Å². The Morgan fingerprint density at radius 3 is 2.95 bits per heavy atom. The van der Waals surface area contributed by atoms with Gasteiger partial charge in [0.15, 0.2) is 0 Å². The van der Waals surface area contributed by atoms with E-state index in [0.717, 1.165) is 32.4 Å². The van der Waals surface area contributed by atoms with Gasteiger partial charge < -0.3 is 19.4 Å². The lowest BCUT2D eigenvalue weighted by Gasteiger charge is -2.32. The fourth-order valence-electron chi connectivity index (χ4n) is 3.16. The predicted molar refractivity (Wildman–Crippen MR) is 78.7 cm³/mol. The van der Waals surface area contributed by atoms with Crippen LogP contribution in [0.1, 0.15) is 39.2 Å². The number of nitrogens with one attached hydrogen (secondary N) is 1. The second-order valence-electron chi connectivity index (χ2n) is 6.23. The maximum absolute atomic E-state index is 12.3. The number of hydrogen-bond acceptors (Lipinski definition) is 5. The van der Waals surface area contributed by atoms with Crippen molar-refractivity contribution >= 4 is 0 Å². The second kappa shape index (κ2) is 5.77. The summed E-state index contributed by atoms with van der Waals surface area (Å²) in [5.74, 6) is 0.186. The first-order valence-electron chi connectivity index (χ1n) is 7.68. The summed E-state index contributed by atoms with van der Waals surface area (Å²) < 4.78 is 13.5. The van der Waals surface area contributed by atoms with Crippen molar-refractivity contribution in [3.05, 3.63) is 22.7 Å². The van der Waals surface area contributed by atoms with E-state index < -0.39 is 0 Å². The standard InChI is InChI=1S/C15H23N3O3/c1-11(2)18-8-7-17-13(14(18)19)21-12-9-15(20-10-12)3-5-16-6-4-15/h7-8,11-12,16H,3-6,9-10H2,1-2H3. The van der Waals surface area contributed by atoms with Gasteiger partial charge in [0.05, 0.1) is 12.2 Å². The van der Waals surface area contributed by atoms with Crippen LogP contribution in [0.4, 0.5) is 0 Å². The normalized spacial score (nSPS) is 24.6. The van der Waals surface area contributed by atoms with E-state index in [1.807, 2.05) is 13.8 Å². The molecular weight excluding hydrogens is 270 g/mol. The van der Waals surface area contributed by atoms with Crippen LogP contribution in [0.5, 0.6) is 5.88 Å². The van der Waals surface area contributed by atoms with Gasteiger partial charge >= 0.3 is 5.56 Å². The third-order valence-electron chi connectivity index (χ3n) is 4.36. The molecule has 21 heavy (non-hydrogen) atoms. The molecule has 1 aromatic rings. The van der Waals surface area contributed by atoms with Crippen LogP contribution < -0.4 is 15.6 Å². The summed E-state index contributed by atoms with van der Waals surface area (Å²) in [6.07, 6.45) is 6.08. The minimum atomic E-state index is -0.168. The van der Waals surface area contributed by atoms with Gasteiger partial charge in [-0.1, -0.05) is 0 Å². The number of hydrogen-bond donors (Lipinski definition) is 1. The first-order valence-corrected chi connectivity index (χ1v) is 7.68. The Morgan fingerprint density at radius 2 is 2.24 bits per heavy atom. The van der Waals surface area contributed by atoms with E-state index in [-0.39, 0.29) is 29.2 Å². The zero-order valence-corrected chi connectivity index (χ0v) is 12.7. The van der Waals surface area contributed by atoms with Gasteiger partial charge in [-0.05, 0) is 39.8 Å². The zero-order chi connectivity index (χ0) is 14.9. The van der Waals surface area contributed by atoms with E-state index in [1.54, 1.807) is 17.0 Å². The largest absolute Gasteiger partial charge is 0.468 e. The lowest BCUT2D eigenvalue weighted by atomic mass is 9.89. The van der Waals surface area contributed by atoms with Gasteiger partial charge in [-0.2, -0.15) is 0 Å². The SMILES string of the molecule is CC(C)n1ccnc(OC2COC3(CCNCC3)C2)c1=O. The third-order valence-corrected chi connectivity index (χ3v) is 4.36. The fourth-order valence-corrected chi connectivity index (χ4v) is 3.16. The molecule has 3 heterocycles. The molecule has 2 fully saturated rings. The molecule has 1 spiro atoms. The van der Waals surface area contributed by atoms with Crippen LogP contribution in [-0.2, 0) is 4.74 Å². The molecule has 2 aliphatic rings. The Labute approximate surface area is 124 Å². The van der Waals surface area contributed by atoms with Crippen molar-refractivity contribution < 1.29 is 9.47 Å². The summed E-state index contributed by atoms with van der Waals surface area (Å²) in [5.41, 5.74) is -0.236. The number of rotatable bonds is 3. The Balaban J connectivity index is 1.71. The van der Waals surface area contributed by atoms with Gasteiger partial charge in [-0.15, -0.1) is 0 Å². The molecule has 0 aliphatic carbocycles. The minimum Gasteiger partial charge on any atom is -0.468 e. The van der Waals surface area contributed by atoms with E-state index in [0.29, 0.717) is 6.61 Å². The number of piperidine rings is 1. The fraction of sp³-hybridized carbons (Fsp3) is 0.733. The Bertz CT molecular complexity index is 549. The van der Waals surface area contributed by atoms with Crippen LogP contribution in [0.15, 0.2) is 17.2 Å². The molecule has 6 nitrogen and oxygen atoms in total. The van der Waals surface area contributed by atoms with Gasteiger partial charge in [-0.25, -0.2) is 4.98 Å². The van der Waals surface area contributed by atoms with Crippen molar-refractivity contribution in [2.75, 3.05) is 19.7 Å². The molecule has 3 rings (SSSR count). The maximum atomic E-state index is 12.3. The zero-order valence-electron chi connectivity index (χ0n) is 12.7. The van der Waals surface area contributed by atoms with Gasteiger partial charge in [0.1, 0.15) is 6.10 Å². The first-order chi connectivity index (χ1) is 10.1. The monoisotopic (exact) mass is 293 g/mol. The van der Waals surface area contributed by atoms with Gasteiger partial charge in [-0.3, -0.25) is 4.79 Å². The Hall–Kier alpha value is -1.40. The van der Waals surface area contributed by atoms with Crippen LogP contribution in [0.3, 0.4) is 0 Å². The summed E-state index contributed by atoms with van der Waals surface area (Å²) in [6.45, 7) is 6.44. The molecule has 2 saturated heterocycles. The molecule has 0 radical (unpaired) electrons. The lowest BCUT2D eigenvalue weighted by Crippen LogP contribution is -2.41. The highest BCUT2D eigenvalue weighted by Crippen LogP contribution is 2.35. The Kier molecular flexibility index (Phi) is 3.99. The molecule has 1 atom stereocenters. The molecule has 6 heteroatoms. The summed E-state index contributed by atoms with van der Waals surface area (Å²) in [5, 5.41) is 3.34. The highest BCUT2D eigenvalue weighted by Gasteiger charge is 2.42. The quantitative estimate of drug-likeness (QED) is 0.904. The van der Waals surface area contributed by atoms with E-state index >= 15 is 0 Å². The van der Waals surface area contributed by atoms with E-state index in [4.69, 9.17) is 9.47 Å². The molecule has 0 amide bonds. The topological polar surface area (TPSA) is 65.4 Å². The maximum Gasteiger partial charge on any atom is 0.313 e. The van der Waals surface area contributed by atoms with Gasteiger partial charge in [0.25, 0.3) is 5.88 Å². The lowest BCUT2D eigenvalue weighted by molar-refractivity contribution is -0.0206. The molecule has 116 valence electrons. The first kappa shape index (κ1) is 14.5. The molecule has 0 bridgehead atoms. The number of nitrogens with zero attached hydrogens (tertiary/aromatic N) is 2. The average molecular weight is 293 g/mol. The number of aromatic nitrogens is 2. The summed E-state index contributed by atoms with van der Waals surface area (Å²) in [6, 6.07) is 0.0958. The molecule has 1 unspecified atom stereocenters. The highest BCUT2D eigenvalue weighted by atomic mass is 16.6. The molecular formula is C15H23N3O3. The molecule has 2 aliphatic heterocycles.